The molecule has 112 valence electrons. The molecule has 1 aromatic carbocycles. The molecule has 1 atom stereocenters. The van der Waals surface area contributed by atoms with E-state index in [9.17, 15) is 4.39 Å². The van der Waals surface area contributed by atoms with Gasteiger partial charge in [0.2, 0.25) is 0 Å². The second kappa shape index (κ2) is 8.14. The summed E-state index contributed by atoms with van der Waals surface area (Å²) in [7, 11) is 3.25. The molecule has 20 heavy (non-hydrogen) atoms. The summed E-state index contributed by atoms with van der Waals surface area (Å²) in [5.74, 6) is -0.415. The van der Waals surface area contributed by atoms with Crippen molar-refractivity contribution in [2.45, 2.75) is 13.0 Å². The predicted octanol–water partition coefficient (Wildman–Crippen LogP) is 1.95. The van der Waals surface area contributed by atoms with Gasteiger partial charge in [0.05, 0.1) is 24.5 Å². The van der Waals surface area contributed by atoms with Crippen LogP contribution in [-0.2, 0) is 9.47 Å². The van der Waals surface area contributed by atoms with Crippen LogP contribution >= 0.6 is 12.2 Å². The molecule has 0 fully saturated rings. The molecule has 1 unspecified atom stereocenters. The summed E-state index contributed by atoms with van der Waals surface area (Å²) in [5.41, 5.74) is 6.59. The van der Waals surface area contributed by atoms with E-state index in [1.54, 1.807) is 26.4 Å². The van der Waals surface area contributed by atoms with Crippen molar-refractivity contribution in [3.63, 3.8) is 0 Å². The molecular weight excluding hydrogens is 279 g/mol. The Bertz CT molecular complexity index is 457. The van der Waals surface area contributed by atoms with Crippen molar-refractivity contribution in [3.05, 3.63) is 29.6 Å². The number of methoxy groups -OCH3 is 2. The maximum Gasteiger partial charge on any atom is 0.135 e. The third-order valence-corrected chi connectivity index (χ3v) is 3.23. The van der Waals surface area contributed by atoms with Gasteiger partial charge in [0.15, 0.2) is 0 Å². The fourth-order valence-corrected chi connectivity index (χ4v) is 2.30. The van der Waals surface area contributed by atoms with E-state index in [1.807, 2.05) is 11.8 Å². The minimum absolute atomic E-state index is 0.0463. The summed E-state index contributed by atoms with van der Waals surface area (Å²) in [6.45, 7) is 3.62. The predicted molar refractivity (Wildman–Crippen MR) is 82.8 cm³/mol. The first-order valence-corrected chi connectivity index (χ1v) is 6.76. The molecule has 6 heteroatoms. The third-order valence-electron chi connectivity index (χ3n) is 3.02. The van der Waals surface area contributed by atoms with Gasteiger partial charge in [-0.2, -0.15) is 0 Å². The fourth-order valence-electron chi connectivity index (χ4n) is 2.10. The highest BCUT2D eigenvalue weighted by Gasteiger charge is 2.20. The van der Waals surface area contributed by atoms with Gasteiger partial charge in [-0.1, -0.05) is 18.3 Å². The number of nitrogens with zero attached hydrogens (tertiary/aromatic N) is 1. The van der Waals surface area contributed by atoms with Crippen molar-refractivity contribution in [1.29, 1.82) is 0 Å². The maximum atomic E-state index is 14.0. The van der Waals surface area contributed by atoms with Crippen molar-refractivity contribution in [2.75, 3.05) is 38.9 Å². The molecule has 4 nitrogen and oxygen atoms in total. The number of halogens is 1. The first kappa shape index (κ1) is 16.8. The van der Waals surface area contributed by atoms with Crippen LogP contribution in [0.3, 0.4) is 0 Å². The average Bonchev–Trinajstić information content (AvgIpc) is 2.39. The molecule has 0 radical (unpaired) electrons. The Morgan fingerprint density at radius 1 is 1.40 bits per heavy atom. The summed E-state index contributed by atoms with van der Waals surface area (Å²) >= 11 is 4.97. The zero-order chi connectivity index (χ0) is 15.1. The number of hydrogen-bond donors (Lipinski definition) is 1. The van der Waals surface area contributed by atoms with E-state index >= 15 is 0 Å². The van der Waals surface area contributed by atoms with Gasteiger partial charge in [0, 0.05) is 26.8 Å². The standard InChI is InChI=1S/C14H21FN2O2S/c1-10(9-19-3)17(7-8-18-2)12-6-4-5-11(15)13(12)14(16)20/h4-6,10H,7-9H2,1-3H3,(H2,16,20). The van der Waals surface area contributed by atoms with Crippen LogP contribution in [0.5, 0.6) is 0 Å². The molecule has 0 saturated heterocycles. The van der Waals surface area contributed by atoms with Gasteiger partial charge in [-0.25, -0.2) is 4.39 Å². The third kappa shape index (κ3) is 4.13. The number of anilines is 1. The van der Waals surface area contributed by atoms with Gasteiger partial charge >= 0.3 is 0 Å². The monoisotopic (exact) mass is 300 g/mol. The van der Waals surface area contributed by atoms with E-state index in [0.717, 1.165) is 0 Å². The second-order valence-electron chi connectivity index (χ2n) is 4.49. The molecule has 0 aliphatic rings. The van der Waals surface area contributed by atoms with Crippen molar-refractivity contribution >= 4 is 22.9 Å². The van der Waals surface area contributed by atoms with Crippen LogP contribution in [-0.4, -0.2) is 45.0 Å². The van der Waals surface area contributed by atoms with Crippen LogP contribution in [0.1, 0.15) is 12.5 Å². The van der Waals surface area contributed by atoms with Crippen molar-refractivity contribution in [1.82, 2.24) is 0 Å². The van der Waals surface area contributed by atoms with Gasteiger partial charge in [-0.3, -0.25) is 0 Å². The van der Waals surface area contributed by atoms with E-state index in [1.165, 1.54) is 6.07 Å². The van der Waals surface area contributed by atoms with Crippen molar-refractivity contribution < 1.29 is 13.9 Å². The molecule has 0 amide bonds. The lowest BCUT2D eigenvalue weighted by Crippen LogP contribution is -2.40. The van der Waals surface area contributed by atoms with E-state index in [4.69, 9.17) is 27.4 Å². The number of thiocarbonyl (C=S) groups is 1. The van der Waals surface area contributed by atoms with Gasteiger partial charge in [-0.05, 0) is 19.1 Å². The number of ether oxygens (including phenoxy) is 2. The van der Waals surface area contributed by atoms with Crippen molar-refractivity contribution in [2.24, 2.45) is 5.73 Å². The topological polar surface area (TPSA) is 47.7 Å². The highest BCUT2D eigenvalue weighted by molar-refractivity contribution is 7.80. The molecule has 1 aromatic rings. The quantitative estimate of drug-likeness (QED) is 0.744. The van der Waals surface area contributed by atoms with Crippen LogP contribution in [0.15, 0.2) is 18.2 Å². The SMILES string of the molecule is COCCN(c1cccc(F)c1C(N)=S)C(C)COC. The number of hydrogen-bond acceptors (Lipinski definition) is 4. The molecule has 0 aliphatic heterocycles. The summed E-state index contributed by atoms with van der Waals surface area (Å²) in [4.78, 5) is 2.04. The smallest absolute Gasteiger partial charge is 0.135 e. The van der Waals surface area contributed by atoms with Crippen molar-refractivity contribution in [3.8, 4) is 0 Å². The number of nitrogens with two attached hydrogens (primary N) is 1. The van der Waals surface area contributed by atoms with Gasteiger partial charge < -0.3 is 20.1 Å². The van der Waals surface area contributed by atoms with E-state index in [2.05, 4.69) is 0 Å². The molecule has 0 bridgehead atoms. The van der Waals surface area contributed by atoms with Gasteiger partial charge in [0.1, 0.15) is 10.8 Å². The zero-order valence-corrected chi connectivity index (χ0v) is 12.9. The molecule has 2 N–H and O–H groups in total. The highest BCUT2D eigenvalue weighted by Crippen LogP contribution is 2.25. The molecular formula is C14H21FN2O2S. The summed E-state index contributed by atoms with van der Waals surface area (Å²) in [6.07, 6.45) is 0. The number of rotatable bonds is 8. The Morgan fingerprint density at radius 3 is 2.65 bits per heavy atom. The van der Waals surface area contributed by atoms with Crippen LogP contribution in [0.25, 0.3) is 0 Å². The molecule has 0 aromatic heterocycles. The van der Waals surface area contributed by atoms with Gasteiger partial charge in [0.25, 0.3) is 0 Å². The summed E-state index contributed by atoms with van der Waals surface area (Å²) in [5, 5.41) is 0. The lowest BCUT2D eigenvalue weighted by atomic mass is 10.1. The van der Waals surface area contributed by atoms with Crippen LogP contribution in [0.2, 0.25) is 0 Å². The molecule has 0 saturated carbocycles. The van der Waals surface area contributed by atoms with Gasteiger partial charge in [-0.15, -0.1) is 0 Å². The molecule has 0 aliphatic carbocycles. The minimum Gasteiger partial charge on any atom is -0.389 e. The summed E-state index contributed by atoms with van der Waals surface area (Å²) in [6, 6.07) is 4.85. The Balaban J connectivity index is 3.18. The summed E-state index contributed by atoms with van der Waals surface area (Å²) < 4.78 is 24.3. The largest absolute Gasteiger partial charge is 0.389 e. The zero-order valence-electron chi connectivity index (χ0n) is 12.1. The maximum absolute atomic E-state index is 14.0. The Hall–Kier alpha value is -1.24. The van der Waals surface area contributed by atoms with Crippen LogP contribution in [0, 0.1) is 5.82 Å². The second-order valence-corrected chi connectivity index (χ2v) is 4.93. The molecule has 0 heterocycles. The fraction of sp³-hybridized carbons (Fsp3) is 0.500. The average molecular weight is 300 g/mol. The van der Waals surface area contributed by atoms with E-state index < -0.39 is 5.82 Å². The molecule has 0 spiro atoms. The minimum atomic E-state index is -0.415. The van der Waals surface area contributed by atoms with Crippen LogP contribution < -0.4 is 10.6 Å². The lowest BCUT2D eigenvalue weighted by Gasteiger charge is -2.32. The Kier molecular flexibility index (Phi) is 6.84. The van der Waals surface area contributed by atoms with E-state index in [-0.39, 0.29) is 16.6 Å². The normalized spacial score (nSPS) is 12.2. The lowest BCUT2D eigenvalue weighted by molar-refractivity contribution is 0.171. The van der Waals surface area contributed by atoms with Crippen LogP contribution in [0.4, 0.5) is 10.1 Å². The first-order chi connectivity index (χ1) is 9.52. The molecule has 1 rings (SSSR count). The highest BCUT2D eigenvalue weighted by atomic mass is 32.1. The number of benzene rings is 1. The Morgan fingerprint density at radius 2 is 2.10 bits per heavy atom. The first-order valence-electron chi connectivity index (χ1n) is 6.35. The Labute approximate surface area is 124 Å². The van der Waals surface area contributed by atoms with E-state index in [0.29, 0.717) is 25.4 Å².